The predicted molar refractivity (Wildman–Crippen MR) is 135 cm³/mol. The van der Waals surface area contributed by atoms with Crippen molar-refractivity contribution in [2.45, 2.75) is 17.4 Å². The first-order valence-electron chi connectivity index (χ1n) is 10.5. The van der Waals surface area contributed by atoms with Gasteiger partial charge in [0.15, 0.2) is 5.78 Å². The Morgan fingerprint density at radius 3 is 2.24 bits per heavy atom. The van der Waals surface area contributed by atoms with Gasteiger partial charge in [0.1, 0.15) is 5.75 Å². The van der Waals surface area contributed by atoms with Crippen molar-refractivity contribution in [2.24, 2.45) is 5.14 Å². The van der Waals surface area contributed by atoms with E-state index in [1.165, 1.54) is 12.1 Å². The van der Waals surface area contributed by atoms with Crippen LogP contribution >= 0.6 is 11.6 Å². The van der Waals surface area contributed by atoms with Crippen molar-refractivity contribution in [3.8, 4) is 5.75 Å². The third kappa shape index (κ3) is 5.56. The number of carbonyl (C=O) groups is 1. The van der Waals surface area contributed by atoms with Crippen molar-refractivity contribution in [2.75, 3.05) is 12.4 Å². The zero-order valence-corrected chi connectivity index (χ0v) is 19.9. The fourth-order valence-electron chi connectivity index (χ4n) is 3.72. The Labute approximate surface area is 203 Å². The topological polar surface area (TPSA) is 98.5 Å². The second kappa shape index (κ2) is 9.85. The van der Waals surface area contributed by atoms with Crippen LogP contribution in [0.5, 0.6) is 5.75 Å². The summed E-state index contributed by atoms with van der Waals surface area (Å²) in [6.45, 7) is 0. The van der Waals surface area contributed by atoms with Crippen LogP contribution in [-0.4, -0.2) is 21.3 Å². The molecule has 0 aliphatic carbocycles. The highest BCUT2D eigenvalue weighted by Gasteiger charge is 2.19. The number of hydrogen-bond donors (Lipinski definition) is 2. The van der Waals surface area contributed by atoms with E-state index in [4.69, 9.17) is 21.5 Å². The highest BCUT2D eigenvalue weighted by Crippen LogP contribution is 2.29. The molecule has 0 aromatic heterocycles. The second-order valence-electron chi connectivity index (χ2n) is 7.87. The molecule has 1 atom stereocenters. The van der Waals surface area contributed by atoms with Gasteiger partial charge in [-0.2, -0.15) is 0 Å². The molecule has 4 aromatic carbocycles. The molecule has 0 fully saturated rings. The van der Waals surface area contributed by atoms with E-state index >= 15 is 0 Å². The van der Waals surface area contributed by atoms with Crippen molar-refractivity contribution in [1.29, 1.82) is 0 Å². The number of methoxy groups -OCH3 is 1. The molecule has 0 aliphatic rings. The predicted octanol–water partition coefficient (Wildman–Crippen LogP) is 5.58. The normalized spacial score (nSPS) is 12.3. The minimum absolute atomic E-state index is 0.0199. The Morgan fingerprint density at radius 1 is 0.941 bits per heavy atom. The fourth-order valence-corrected chi connectivity index (χ4v) is 4.36. The summed E-state index contributed by atoms with van der Waals surface area (Å²) < 4.78 is 28.5. The van der Waals surface area contributed by atoms with E-state index in [1.807, 2.05) is 36.4 Å². The van der Waals surface area contributed by atoms with E-state index < -0.39 is 10.0 Å². The standard InChI is InChI=1S/C26H23ClN2O4S/c1-33-23-11-6-18-14-20(3-2-19(18)15-23)25(16-26(30)17-4-7-21(27)8-5-17)29-22-9-12-24(13-10-22)34(28,31)32/h2-15,25,29H,16H2,1H3,(H2,28,31,32). The number of nitrogens with two attached hydrogens (primary N) is 1. The molecule has 0 saturated carbocycles. The van der Waals surface area contributed by atoms with Gasteiger partial charge in [-0.15, -0.1) is 0 Å². The molecule has 0 radical (unpaired) electrons. The van der Waals surface area contributed by atoms with Gasteiger partial charge in [-0.25, -0.2) is 13.6 Å². The molecule has 0 saturated heterocycles. The Morgan fingerprint density at radius 2 is 1.59 bits per heavy atom. The van der Waals surface area contributed by atoms with Crippen molar-refractivity contribution < 1.29 is 17.9 Å². The molecule has 4 rings (SSSR count). The first-order chi connectivity index (χ1) is 16.2. The van der Waals surface area contributed by atoms with E-state index in [0.717, 1.165) is 22.1 Å². The summed E-state index contributed by atoms with van der Waals surface area (Å²) in [5.41, 5.74) is 2.14. The average Bonchev–Trinajstić information content (AvgIpc) is 2.83. The molecule has 4 aromatic rings. The van der Waals surface area contributed by atoms with Crippen molar-refractivity contribution >= 4 is 43.9 Å². The zero-order valence-electron chi connectivity index (χ0n) is 18.4. The third-order valence-corrected chi connectivity index (χ3v) is 6.73. The van der Waals surface area contributed by atoms with Gasteiger partial charge in [0.2, 0.25) is 10.0 Å². The van der Waals surface area contributed by atoms with Crippen molar-refractivity contribution in [3.63, 3.8) is 0 Å². The number of ketones is 1. The lowest BCUT2D eigenvalue weighted by molar-refractivity contribution is 0.0976. The number of benzene rings is 4. The van der Waals surface area contributed by atoms with Crippen LogP contribution in [0.15, 0.2) is 89.8 Å². The number of sulfonamides is 1. The average molecular weight is 495 g/mol. The Kier molecular flexibility index (Phi) is 6.88. The molecule has 0 heterocycles. The molecule has 0 amide bonds. The summed E-state index contributed by atoms with van der Waals surface area (Å²) in [5.74, 6) is 0.716. The molecule has 8 heteroatoms. The van der Waals surface area contributed by atoms with Crippen molar-refractivity contribution in [1.82, 2.24) is 0 Å². The van der Waals surface area contributed by atoms with Gasteiger partial charge < -0.3 is 10.1 Å². The smallest absolute Gasteiger partial charge is 0.238 e. The molecule has 34 heavy (non-hydrogen) atoms. The summed E-state index contributed by atoms with van der Waals surface area (Å²) in [7, 11) is -2.17. The lowest BCUT2D eigenvalue weighted by Crippen LogP contribution is -2.16. The lowest BCUT2D eigenvalue weighted by atomic mass is 9.95. The Hall–Kier alpha value is -3.39. The van der Waals surface area contributed by atoms with Gasteiger partial charge in [0, 0.05) is 22.7 Å². The summed E-state index contributed by atoms with van der Waals surface area (Å²) >= 11 is 5.96. The molecule has 1 unspecified atom stereocenters. The summed E-state index contributed by atoms with van der Waals surface area (Å²) in [6.07, 6.45) is 0.181. The van der Waals surface area contributed by atoms with Gasteiger partial charge >= 0.3 is 0 Å². The SMILES string of the molecule is COc1ccc2cc(C(CC(=O)c3ccc(Cl)cc3)Nc3ccc(S(N)(=O)=O)cc3)ccc2c1. The second-order valence-corrected chi connectivity index (χ2v) is 9.87. The summed E-state index contributed by atoms with van der Waals surface area (Å²) in [4.78, 5) is 13.1. The van der Waals surface area contributed by atoms with E-state index in [-0.39, 0.29) is 23.1 Å². The number of nitrogens with one attached hydrogen (secondary N) is 1. The van der Waals surface area contributed by atoms with E-state index in [1.54, 1.807) is 43.5 Å². The number of anilines is 1. The van der Waals surface area contributed by atoms with Gasteiger partial charge in [0.05, 0.1) is 18.0 Å². The minimum atomic E-state index is -3.79. The first kappa shape index (κ1) is 23.8. The molecule has 174 valence electrons. The fraction of sp³-hybridized carbons (Fsp3) is 0.115. The highest BCUT2D eigenvalue weighted by molar-refractivity contribution is 7.89. The number of primary sulfonamides is 1. The van der Waals surface area contributed by atoms with Gasteiger partial charge in [-0.3, -0.25) is 4.79 Å². The van der Waals surface area contributed by atoms with Crippen molar-refractivity contribution in [3.05, 3.63) is 101 Å². The van der Waals surface area contributed by atoms with Gasteiger partial charge in [-0.1, -0.05) is 29.8 Å². The summed E-state index contributed by atoms with van der Waals surface area (Å²) in [5, 5.41) is 11.2. The summed E-state index contributed by atoms with van der Waals surface area (Å²) in [6, 6.07) is 24.3. The largest absolute Gasteiger partial charge is 0.497 e. The maximum absolute atomic E-state index is 13.1. The number of carbonyl (C=O) groups excluding carboxylic acids is 1. The van der Waals surface area contributed by atoms with E-state index in [0.29, 0.717) is 16.3 Å². The van der Waals surface area contributed by atoms with E-state index in [2.05, 4.69) is 5.32 Å². The van der Waals surface area contributed by atoms with Crippen LogP contribution in [0, 0.1) is 0 Å². The maximum atomic E-state index is 13.1. The molecule has 6 nitrogen and oxygen atoms in total. The molecular formula is C26H23ClN2O4S. The molecular weight excluding hydrogens is 472 g/mol. The maximum Gasteiger partial charge on any atom is 0.238 e. The Balaban J connectivity index is 1.67. The van der Waals surface area contributed by atoms with Crippen LogP contribution in [0.4, 0.5) is 5.69 Å². The van der Waals surface area contributed by atoms with Crippen LogP contribution in [0.3, 0.4) is 0 Å². The number of Topliss-reactive ketones (excluding diaryl/α,β-unsaturated/α-hetero) is 1. The highest BCUT2D eigenvalue weighted by atomic mass is 35.5. The van der Waals surface area contributed by atoms with Gasteiger partial charge in [0.25, 0.3) is 0 Å². The molecule has 0 aliphatic heterocycles. The molecule has 0 bridgehead atoms. The van der Waals surface area contributed by atoms with Gasteiger partial charge in [-0.05, 0) is 83.1 Å². The molecule has 0 spiro atoms. The first-order valence-corrected chi connectivity index (χ1v) is 12.4. The minimum Gasteiger partial charge on any atom is -0.497 e. The molecule has 3 N–H and O–H groups in total. The van der Waals surface area contributed by atoms with Crippen LogP contribution in [0.25, 0.3) is 10.8 Å². The quantitative estimate of drug-likeness (QED) is 0.312. The van der Waals surface area contributed by atoms with Crippen LogP contribution < -0.4 is 15.2 Å². The monoisotopic (exact) mass is 494 g/mol. The van der Waals surface area contributed by atoms with Crippen LogP contribution in [0.1, 0.15) is 28.4 Å². The lowest BCUT2D eigenvalue weighted by Gasteiger charge is -2.21. The zero-order chi connectivity index (χ0) is 24.3. The number of rotatable bonds is 8. The third-order valence-electron chi connectivity index (χ3n) is 5.55. The van der Waals surface area contributed by atoms with Crippen LogP contribution in [-0.2, 0) is 10.0 Å². The van der Waals surface area contributed by atoms with Crippen LogP contribution in [0.2, 0.25) is 5.02 Å². The number of halogens is 1. The number of fused-ring (bicyclic) bond motifs is 1. The van der Waals surface area contributed by atoms with E-state index in [9.17, 15) is 13.2 Å². The number of hydrogen-bond acceptors (Lipinski definition) is 5. The Bertz CT molecular complexity index is 1440. The number of ether oxygens (including phenoxy) is 1.